The smallest absolute Gasteiger partial charge is 0.287 e. The highest BCUT2D eigenvalue weighted by Gasteiger charge is 2.24. The molecule has 3 rings (SSSR count). The topological polar surface area (TPSA) is 145 Å². The van der Waals surface area contributed by atoms with Gasteiger partial charge in [0.05, 0.1) is 15.5 Å². The number of nitro groups is 1. The molecule has 0 saturated heterocycles. The number of aromatic nitrogens is 2. The molecule has 0 aliphatic heterocycles. The van der Waals surface area contributed by atoms with Crippen molar-refractivity contribution in [1.29, 1.82) is 0 Å². The van der Waals surface area contributed by atoms with Crippen molar-refractivity contribution in [2.75, 3.05) is 7.05 Å². The van der Waals surface area contributed by atoms with Crippen LogP contribution in [0.4, 0.5) is 5.69 Å². The summed E-state index contributed by atoms with van der Waals surface area (Å²) in [5.74, 6) is -0.976. The van der Waals surface area contributed by atoms with Crippen LogP contribution in [-0.2, 0) is 10.0 Å². The number of carbonyl (C=O) groups excluding carboxylic acids is 1. The van der Waals surface area contributed by atoms with Gasteiger partial charge in [0.1, 0.15) is 0 Å². The maximum absolute atomic E-state index is 12.6. The van der Waals surface area contributed by atoms with Gasteiger partial charge in [0.25, 0.3) is 21.6 Å². The molecule has 0 unspecified atom stereocenters. The molecule has 1 amide bonds. The van der Waals surface area contributed by atoms with E-state index in [0.29, 0.717) is 10.7 Å². The van der Waals surface area contributed by atoms with Crippen molar-refractivity contribution in [3.8, 4) is 5.69 Å². The van der Waals surface area contributed by atoms with E-state index in [-0.39, 0.29) is 10.6 Å². The number of non-ortho nitro benzene ring substituents is 1. The molecule has 30 heavy (non-hydrogen) atoms. The van der Waals surface area contributed by atoms with Crippen LogP contribution < -0.4 is 10.3 Å². The average molecular weight is 429 g/mol. The van der Waals surface area contributed by atoms with E-state index in [4.69, 9.17) is 0 Å². The Balaban J connectivity index is 1.85. The molecule has 0 bridgehead atoms. The van der Waals surface area contributed by atoms with Crippen molar-refractivity contribution in [3.05, 3.63) is 92.9 Å². The van der Waals surface area contributed by atoms with Gasteiger partial charge in [-0.1, -0.05) is 18.2 Å². The molecular formula is C18H15N5O6S. The molecule has 3 aromatic rings. The molecule has 0 spiro atoms. The molecule has 0 saturated carbocycles. The van der Waals surface area contributed by atoms with E-state index < -0.39 is 32.0 Å². The first-order chi connectivity index (χ1) is 14.2. The first kappa shape index (κ1) is 20.8. The van der Waals surface area contributed by atoms with Gasteiger partial charge >= 0.3 is 0 Å². The zero-order valence-corrected chi connectivity index (χ0v) is 16.3. The third-order valence-corrected chi connectivity index (χ3v) is 5.36. The maximum atomic E-state index is 12.6. The fourth-order valence-corrected chi connectivity index (χ4v) is 3.50. The van der Waals surface area contributed by atoms with Crippen molar-refractivity contribution in [2.45, 2.75) is 4.90 Å². The number of hydrazine groups is 1. The first-order valence-electron chi connectivity index (χ1n) is 8.39. The van der Waals surface area contributed by atoms with Crippen LogP contribution in [0.25, 0.3) is 5.69 Å². The SMILES string of the molecule is CN(NS(=O)(=O)c1ccc([N+](=O)[O-])cc1)C(=O)c1nn(-c2ccccc2)ccc1=O. The van der Waals surface area contributed by atoms with Gasteiger partial charge in [0, 0.05) is 31.4 Å². The Kier molecular flexibility index (Phi) is 5.71. The lowest BCUT2D eigenvalue weighted by Crippen LogP contribution is -2.45. The molecular weight excluding hydrogens is 414 g/mol. The predicted molar refractivity (Wildman–Crippen MR) is 105 cm³/mol. The van der Waals surface area contributed by atoms with Gasteiger partial charge in [-0.15, -0.1) is 4.83 Å². The highest BCUT2D eigenvalue weighted by Crippen LogP contribution is 2.16. The van der Waals surface area contributed by atoms with Gasteiger partial charge in [-0.2, -0.15) is 5.10 Å². The van der Waals surface area contributed by atoms with Crippen LogP contribution in [0.2, 0.25) is 0 Å². The Hall–Kier alpha value is -3.90. The van der Waals surface area contributed by atoms with E-state index in [2.05, 4.69) is 5.10 Å². The van der Waals surface area contributed by atoms with Crippen LogP contribution >= 0.6 is 0 Å². The summed E-state index contributed by atoms with van der Waals surface area (Å²) >= 11 is 0. The molecule has 12 heteroatoms. The molecule has 11 nitrogen and oxygen atoms in total. The number of rotatable bonds is 6. The Morgan fingerprint density at radius 2 is 1.73 bits per heavy atom. The fourth-order valence-electron chi connectivity index (χ4n) is 2.46. The number of nitrogens with one attached hydrogen (secondary N) is 1. The van der Waals surface area contributed by atoms with Crippen LogP contribution in [0.15, 0.2) is 76.6 Å². The van der Waals surface area contributed by atoms with Crippen LogP contribution in [0.5, 0.6) is 0 Å². The lowest BCUT2D eigenvalue weighted by atomic mass is 10.3. The number of hydrogen-bond acceptors (Lipinski definition) is 7. The summed E-state index contributed by atoms with van der Waals surface area (Å²) in [5.41, 5.74) is -0.863. The van der Waals surface area contributed by atoms with Crippen molar-refractivity contribution < 1.29 is 18.1 Å². The predicted octanol–water partition coefficient (Wildman–Crippen LogP) is 1.11. The van der Waals surface area contributed by atoms with Gasteiger partial charge in [0.15, 0.2) is 5.69 Å². The average Bonchev–Trinajstić information content (AvgIpc) is 2.74. The molecule has 1 N–H and O–H groups in total. The molecule has 0 fully saturated rings. The number of benzene rings is 2. The van der Waals surface area contributed by atoms with Gasteiger partial charge < -0.3 is 0 Å². The molecule has 0 aliphatic carbocycles. The zero-order valence-electron chi connectivity index (χ0n) is 15.5. The number of amides is 1. The van der Waals surface area contributed by atoms with Crippen LogP contribution in [0.3, 0.4) is 0 Å². The Morgan fingerprint density at radius 1 is 1.10 bits per heavy atom. The van der Waals surface area contributed by atoms with Crippen molar-refractivity contribution in [3.63, 3.8) is 0 Å². The third kappa shape index (κ3) is 4.39. The second-order valence-electron chi connectivity index (χ2n) is 6.02. The first-order valence-corrected chi connectivity index (χ1v) is 9.88. The van der Waals surface area contributed by atoms with Crippen LogP contribution in [0.1, 0.15) is 10.5 Å². The highest BCUT2D eigenvalue weighted by atomic mass is 32.2. The molecule has 154 valence electrons. The number of carbonyl (C=O) groups is 1. The summed E-state index contributed by atoms with van der Waals surface area (Å²) < 4.78 is 26.2. The summed E-state index contributed by atoms with van der Waals surface area (Å²) in [6, 6.07) is 14.0. The van der Waals surface area contributed by atoms with Gasteiger partial charge in [0.2, 0.25) is 5.43 Å². The number of sulfonamides is 1. The van der Waals surface area contributed by atoms with Crippen molar-refractivity contribution in [2.24, 2.45) is 0 Å². The lowest BCUT2D eigenvalue weighted by Gasteiger charge is -2.18. The van der Waals surface area contributed by atoms with E-state index in [1.165, 1.54) is 10.9 Å². The molecule has 2 aromatic carbocycles. The minimum absolute atomic E-state index is 0.284. The summed E-state index contributed by atoms with van der Waals surface area (Å²) in [5, 5.41) is 15.3. The Morgan fingerprint density at radius 3 is 2.33 bits per heavy atom. The zero-order chi connectivity index (χ0) is 21.9. The molecule has 0 atom stereocenters. The minimum atomic E-state index is -4.23. The summed E-state index contributed by atoms with van der Waals surface area (Å²) in [4.78, 5) is 36.5. The number of nitro benzene ring substituents is 1. The van der Waals surface area contributed by atoms with E-state index in [0.717, 1.165) is 37.4 Å². The minimum Gasteiger partial charge on any atom is -0.287 e. The van der Waals surface area contributed by atoms with Crippen LogP contribution in [0, 0.1) is 10.1 Å². The third-order valence-electron chi connectivity index (χ3n) is 3.95. The van der Waals surface area contributed by atoms with Gasteiger partial charge in [-0.05, 0) is 24.3 Å². The Bertz CT molecular complexity index is 1260. The van der Waals surface area contributed by atoms with Crippen LogP contribution in [-0.4, -0.2) is 41.1 Å². The quantitative estimate of drug-likeness (QED) is 0.456. The van der Waals surface area contributed by atoms with E-state index in [1.54, 1.807) is 30.3 Å². The lowest BCUT2D eigenvalue weighted by molar-refractivity contribution is -0.384. The van der Waals surface area contributed by atoms with Gasteiger partial charge in [-0.25, -0.2) is 13.1 Å². The summed E-state index contributed by atoms with van der Waals surface area (Å²) in [7, 11) is -3.12. The highest BCUT2D eigenvalue weighted by molar-refractivity contribution is 7.89. The van der Waals surface area contributed by atoms with E-state index in [1.807, 2.05) is 4.83 Å². The fraction of sp³-hybridized carbons (Fsp3) is 0.0556. The normalized spacial score (nSPS) is 11.1. The summed E-state index contributed by atoms with van der Waals surface area (Å²) in [6.45, 7) is 0. The molecule has 0 radical (unpaired) electrons. The number of para-hydroxylation sites is 1. The molecule has 1 heterocycles. The number of hydrogen-bond donors (Lipinski definition) is 1. The summed E-state index contributed by atoms with van der Waals surface area (Å²) in [6.07, 6.45) is 1.38. The van der Waals surface area contributed by atoms with E-state index >= 15 is 0 Å². The van der Waals surface area contributed by atoms with Crippen molar-refractivity contribution in [1.82, 2.24) is 19.6 Å². The van der Waals surface area contributed by atoms with Crippen molar-refractivity contribution >= 4 is 21.6 Å². The standard InChI is InChI=1S/C18H15N5O6S/c1-21(20-30(28,29)15-9-7-14(8-10-15)23(26)27)18(25)17-16(24)11-12-22(19-17)13-5-3-2-4-6-13/h2-12,20H,1H3. The van der Waals surface area contributed by atoms with Gasteiger partial charge in [-0.3, -0.25) is 24.7 Å². The monoisotopic (exact) mass is 429 g/mol. The molecule has 1 aromatic heterocycles. The maximum Gasteiger partial charge on any atom is 0.293 e. The second-order valence-corrected chi connectivity index (χ2v) is 7.68. The Labute approximate surface area is 170 Å². The molecule has 0 aliphatic rings. The largest absolute Gasteiger partial charge is 0.293 e. The van der Waals surface area contributed by atoms with E-state index in [9.17, 15) is 28.1 Å². The second kappa shape index (κ2) is 8.23. The number of nitrogens with zero attached hydrogens (tertiary/aromatic N) is 4.